The molecule has 8 nitrogen and oxygen atoms in total. The lowest BCUT2D eigenvalue weighted by atomic mass is 9.96. The lowest BCUT2D eigenvalue weighted by Crippen LogP contribution is -2.23. The van der Waals surface area contributed by atoms with Crippen molar-refractivity contribution in [2.45, 2.75) is 38.7 Å². The van der Waals surface area contributed by atoms with Gasteiger partial charge in [-0.05, 0) is 73.2 Å². The zero-order chi connectivity index (χ0) is 25.3. The van der Waals surface area contributed by atoms with E-state index in [1.807, 2.05) is 31.2 Å². The van der Waals surface area contributed by atoms with Crippen LogP contribution in [0.25, 0.3) is 10.6 Å². The number of carbonyl (C=O) groups is 1. The topological polar surface area (TPSA) is 117 Å². The number of hydrogen-bond donors (Lipinski definition) is 3. The summed E-state index contributed by atoms with van der Waals surface area (Å²) in [6.07, 6.45) is 5.39. The lowest BCUT2D eigenvalue weighted by Gasteiger charge is -2.21. The molecule has 4 aromatic rings. The number of anilines is 2. The number of hydrogen-bond acceptors (Lipinski definition) is 8. The van der Waals surface area contributed by atoms with Gasteiger partial charge in [-0.15, -0.1) is 11.3 Å². The van der Waals surface area contributed by atoms with Crippen molar-refractivity contribution in [1.82, 2.24) is 15.0 Å². The zero-order valence-electron chi connectivity index (χ0n) is 20.0. The molecular formula is C27H26N4O4S. The van der Waals surface area contributed by atoms with Gasteiger partial charge in [-0.2, -0.15) is 0 Å². The van der Waals surface area contributed by atoms with E-state index in [2.05, 4.69) is 22.2 Å². The molecule has 5 rings (SSSR count). The highest BCUT2D eigenvalue weighted by molar-refractivity contribution is 7.15. The number of carboxylic acids is 1. The van der Waals surface area contributed by atoms with E-state index in [1.165, 1.54) is 17.4 Å². The quantitative estimate of drug-likeness (QED) is 0.296. The van der Waals surface area contributed by atoms with Crippen molar-refractivity contribution in [1.29, 1.82) is 0 Å². The summed E-state index contributed by atoms with van der Waals surface area (Å²) in [5, 5.41) is 24.6. The third kappa shape index (κ3) is 4.67. The van der Waals surface area contributed by atoms with Crippen LogP contribution in [-0.4, -0.2) is 37.7 Å². The maximum atomic E-state index is 11.5. The average molecular weight is 503 g/mol. The third-order valence-electron chi connectivity index (χ3n) is 6.10. The van der Waals surface area contributed by atoms with Crippen LogP contribution in [0.2, 0.25) is 0 Å². The van der Waals surface area contributed by atoms with Crippen LogP contribution in [0.15, 0.2) is 54.9 Å². The number of nitrogens with zero attached hydrogens (tertiary/aromatic N) is 3. The molecule has 0 saturated heterocycles. The van der Waals surface area contributed by atoms with Crippen molar-refractivity contribution < 1.29 is 19.7 Å². The van der Waals surface area contributed by atoms with Crippen molar-refractivity contribution >= 4 is 28.9 Å². The van der Waals surface area contributed by atoms with Crippen LogP contribution in [0.1, 0.15) is 51.8 Å². The molecule has 1 aliphatic carbocycles. The minimum atomic E-state index is -1.25. The first-order chi connectivity index (χ1) is 17.4. The number of thiazole rings is 1. The van der Waals surface area contributed by atoms with Gasteiger partial charge < -0.3 is 20.3 Å². The molecule has 0 saturated carbocycles. The van der Waals surface area contributed by atoms with Gasteiger partial charge in [0.2, 0.25) is 0 Å². The molecule has 1 aromatic carbocycles. The lowest BCUT2D eigenvalue weighted by molar-refractivity contribution is 0.0695. The second kappa shape index (κ2) is 9.67. The molecule has 3 heterocycles. The standard InChI is InChI=1S/C27H26N4O4S/c1-3-10-35-19-7-9-28-23(14-19)31-24-12-16(2)11-21(30-24)22-15-29-26(36-22)27(34)8-6-17-13-18(25(32)33)4-5-20(17)27/h4-5,7,9,11-15,34H,3,6,8,10H2,1-2H3,(H,32,33)(H,28,30,31)/t27-/m1/s1. The highest BCUT2D eigenvalue weighted by Gasteiger charge is 2.41. The predicted octanol–water partition coefficient (Wildman–Crippen LogP) is 5.32. The molecule has 9 heteroatoms. The van der Waals surface area contributed by atoms with E-state index < -0.39 is 11.6 Å². The van der Waals surface area contributed by atoms with E-state index in [-0.39, 0.29) is 5.56 Å². The summed E-state index contributed by atoms with van der Waals surface area (Å²) >= 11 is 1.39. The number of aliphatic hydroxyl groups is 1. The molecule has 3 N–H and O–H groups in total. The molecule has 1 aliphatic rings. The van der Waals surface area contributed by atoms with E-state index >= 15 is 0 Å². The number of aromatic carboxylic acids is 1. The molecule has 0 amide bonds. The van der Waals surface area contributed by atoms with Crippen LogP contribution in [-0.2, 0) is 12.0 Å². The fraction of sp³-hybridized carbons (Fsp3) is 0.259. The molecule has 36 heavy (non-hydrogen) atoms. The van der Waals surface area contributed by atoms with Gasteiger partial charge in [-0.1, -0.05) is 13.0 Å². The van der Waals surface area contributed by atoms with Crippen LogP contribution in [0.3, 0.4) is 0 Å². The molecule has 3 aromatic heterocycles. The second-order valence-electron chi connectivity index (χ2n) is 8.83. The zero-order valence-corrected chi connectivity index (χ0v) is 20.8. The van der Waals surface area contributed by atoms with Gasteiger partial charge in [0.05, 0.1) is 22.7 Å². The van der Waals surface area contributed by atoms with Crippen LogP contribution in [0.4, 0.5) is 11.6 Å². The number of benzene rings is 1. The van der Waals surface area contributed by atoms with Crippen molar-refractivity contribution in [3.8, 4) is 16.3 Å². The number of rotatable bonds is 8. The Kier molecular flexibility index (Phi) is 6.42. The molecule has 0 unspecified atom stereocenters. The van der Waals surface area contributed by atoms with Crippen LogP contribution >= 0.6 is 11.3 Å². The predicted molar refractivity (Wildman–Crippen MR) is 138 cm³/mol. The van der Waals surface area contributed by atoms with E-state index in [4.69, 9.17) is 9.72 Å². The summed E-state index contributed by atoms with van der Waals surface area (Å²) in [5.74, 6) is 1.05. The monoisotopic (exact) mass is 502 g/mol. The highest BCUT2D eigenvalue weighted by atomic mass is 32.1. The summed E-state index contributed by atoms with van der Waals surface area (Å²) in [6, 6.07) is 12.4. The first-order valence-electron chi connectivity index (χ1n) is 11.8. The van der Waals surface area contributed by atoms with Gasteiger partial charge in [0.15, 0.2) is 0 Å². The van der Waals surface area contributed by atoms with Gasteiger partial charge in [-0.25, -0.2) is 19.7 Å². The van der Waals surface area contributed by atoms with Gasteiger partial charge in [0, 0.05) is 18.5 Å². The molecule has 0 radical (unpaired) electrons. The minimum Gasteiger partial charge on any atom is -0.493 e. The first kappa shape index (κ1) is 23.9. The number of nitrogens with one attached hydrogen (secondary N) is 1. The van der Waals surface area contributed by atoms with Crippen LogP contribution in [0.5, 0.6) is 5.75 Å². The summed E-state index contributed by atoms with van der Waals surface area (Å²) < 4.78 is 5.69. The Bertz CT molecular complexity index is 1440. The minimum absolute atomic E-state index is 0.221. The normalized spacial score (nSPS) is 16.5. The summed E-state index contributed by atoms with van der Waals surface area (Å²) in [6.45, 7) is 4.69. The van der Waals surface area contributed by atoms with Crippen LogP contribution in [0, 0.1) is 6.92 Å². The maximum absolute atomic E-state index is 11.5. The highest BCUT2D eigenvalue weighted by Crippen LogP contribution is 2.45. The van der Waals surface area contributed by atoms with Gasteiger partial charge in [0.1, 0.15) is 28.0 Å². The SMILES string of the molecule is CCCOc1ccnc(Nc2cc(C)cc(-c3cnc([C@@]4(O)CCc5cc(C(=O)O)ccc54)s3)n2)c1. The van der Waals surface area contributed by atoms with Gasteiger partial charge in [0.25, 0.3) is 0 Å². The number of aryl methyl sites for hydroxylation is 2. The summed E-state index contributed by atoms with van der Waals surface area (Å²) in [7, 11) is 0. The van der Waals surface area contributed by atoms with Crippen molar-refractivity contribution in [2.24, 2.45) is 0 Å². The Labute approximate surface area is 212 Å². The Hall–Kier alpha value is -3.82. The van der Waals surface area contributed by atoms with E-state index in [9.17, 15) is 15.0 Å². The Balaban J connectivity index is 1.41. The molecule has 1 atom stereocenters. The first-order valence-corrected chi connectivity index (χ1v) is 12.6. The fourth-order valence-electron chi connectivity index (χ4n) is 4.37. The van der Waals surface area contributed by atoms with Crippen molar-refractivity contribution in [3.63, 3.8) is 0 Å². The van der Waals surface area contributed by atoms with Gasteiger partial charge >= 0.3 is 5.97 Å². The molecular weight excluding hydrogens is 476 g/mol. The molecule has 184 valence electrons. The van der Waals surface area contributed by atoms with E-state index in [0.29, 0.717) is 41.7 Å². The molecule has 0 spiro atoms. The van der Waals surface area contributed by atoms with Gasteiger partial charge in [-0.3, -0.25) is 0 Å². The number of carboxylic acid groups (broad SMARTS) is 1. The molecule has 0 fully saturated rings. The average Bonchev–Trinajstić information content (AvgIpc) is 3.49. The fourth-order valence-corrected chi connectivity index (χ4v) is 5.38. The smallest absolute Gasteiger partial charge is 0.335 e. The largest absolute Gasteiger partial charge is 0.493 e. The maximum Gasteiger partial charge on any atom is 0.335 e. The number of aromatic nitrogens is 3. The second-order valence-corrected chi connectivity index (χ2v) is 9.86. The number of fused-ring (bicyclic) bond motifs is 1. The third-order valence-corrected chi connectivity index (χ3v) is 7.27. The Morgan fingerprint density at radius 3 is 2.83 bits per heavy atom. The molecule has 0 bridgehead atoms. The summed E-state index contributed by atoms with van der Waals surface area (Å²) in [5.41, 5.74) is 2.28. The molecule has 0 aliphatic heterocycles. The van der Waals surface area contributed by atoms with Crippen molar-refractivity contribution in [3.05, 3.63) is 82.1 Å². The Morgan fingerprint density at radius 1 is 1.17 bits per heavy atom. The number of ether oxygens (including phenoxy) is 1. The van der Waals surface area contributed by atoms with Crippen LogP contribution < -0.4 is 10.1 Å². The summed E-state index contributed by atoms with van der Waals surface area (Å²) in [4.78, 5) is 25.8. The Morgan fingerprint density at radius 2 is 2.03 bits per heavy atom. The number of pyridine rings is 2. The van der Waals surface area contributed by atoms with E-state index in [0.717, 1.165) is 33.9 Å². The van der Waals surface area contributed by atoms with E-state index in [1.54, 1.807) is 24.5 Å². The van der Waals surface area contributed by atoms with Crippen molar-refractivity contribution in [2.75, 3.05) is 11.9 Å².